The molecule has 2 amide bonds. The average Bonchev–Trinajstić information content (AvgIpc) is 3.48. The molecule has 1 aromatic heterocycles. The maximum atomic E-state index is 13.5. The molecule has 12 heteroatoms. The van der Waals surface area contributed by atoms with Gasteiger partial charge in [0.1, 0.15) is 6.33 Å². The van der Waals surface area contributed by atoms with Crippen LogP contribution in [0.5, 0.6) is 0 Å². The number of nitrogens with zero attached hydrogens (tertiary/aromatic N) is 6. The van der Waals surface area contributed by atoms with E-state index in [2.05, 4.69) is 19.6 Å². The summed E-state index contributed by atoms with van der Waals surface area (Å²) < 4.78 is 4.53. The van der Waals surface area contributed by atoms with Gasteiger partial charge in [-0.25, -0.2) is 14.8 Å². The molecule has 3 aliphatic heterocycles. The minimum Gasteiger partial charge on any atom is -0.436 e. The fourth-order valence-electron chi connectivity index (χ4n) is 6.10. The van der Waals surface area contributed by atoms with Crippen molar-refractivity contribution < 1.29 is 24.0 Å². The minimum absolute atomic E-state index is 0.0161. The van der Waals surface area contributed by atoms with E-state index in [-0.39, 0.29) is 17.7 Å². The highest BCUT2D eigenvalue weighted by atomic mass is 35.5. The van der Waals surface area contributed by atoms with Gasteiger partial charge in [-0.1, -0.05) is 17.7 Å². The maximum absolute atomic E-state index is 13.5. The van der Waals surface area contributed by atoms with Crippen LogP contribution in [-0.2, 0) is 14.4 Å². The lowest BCUT2D eigenvalue weighted by Crippen LogP contribution is -2.55. The summed E-state index contributed by atoms with van der Waals surface area (Å²) >= 11 is 6.41. The standard InChI is InChI=1S/C29H37ClN6O5/c1-18-6-7-24(10-25(18)30)36(27(37)23-15-35(16-23)41-29(39)40-4)9-5-8-33-11-21-13-34(14-22(21)12-33)28(38)26-19(2)31-17-32-20(26)3/h6-7,10,17,21-23H,5,8-9,11-16H2,1-4H3. The van der Waals surface area contributed by atoms with Gasteiger partial charge in [-0.05, 0) is 63.3 Å². The van der Waals surface area contributed by atoms with Crippen molar-refractivity contribution in [2.75, 3.05) is 64.4 Å². The summed E-state index contributed by atoms with van der Waals surface area (Å²) in [5.41, 5.74) is 3.78. The molecule has 220 valence electrons. The number of fused-ring (bicyclic) bond motifs is 1. The Morgan fingerprint density at radius 2 is 1.66 bits per heavy atom. The predicted molar refractivity (Wildman–Crippen MR) is 153 cm³/mol. The van der Waals surface area contributed by atoms with Gasteiger partial charge in [0.05, 0.1) is 30.0 Å². The van der Waals surface area contributed by atoms with Gasteiger partial charge in [-0.15, -0.1) is 5.06 Å². The molecule has 0 radical (unpaired) electrons. The zero-order valence-corrected chi connectivity index (χ0v) is 24.8. The first-order valence-electron chi connectivity index (χ1n) is 14.0. The molecule has 11 nitrogen and oxygen atoms in total. The summed E-state index contributed by atoms with van der Waals surface area (Å²) in [5.74, 6) is 0.607. The molecule has 4 heterocycles. The van der Waals surface area contributed by atoms with Crippen molar-refractivity contribution in [3.63, 3.8) is 0 Å². The van der Waals surface area contributed by atoms with Crippen molar-refractivity contribution in [2.24, 2.45) is 17.8 Å². The van der Waals surface area contributed by atoms with Gasteiger partial charge in [0.25, 0.3) is 5.91 Å². The van der Waals surface area contributed by atoms with Crippen molar-refractivity contribution in [3.8, 4) is 0 Å². The van der Waals surface area contributed by atoms with Crippen LogP contribution in [-0.4, -0.2) is 102 Å². The quantitative estimate of drug-likeness (QED) is 0.432. The Hall–Kier alpha value is -3.28. The third-order valence-corrected chi connectivity index (χ3v) is 8.85. The van der Waals surface area contributed by atoms with Gasteiger partial charge >= 0.3 is 6.16 Å². The van der Waals surface area contributed by atoms with E-state index in [9.17, 15) is 14.4 Å². The average molecular weight is 585 g/mol. The van der Waals surface area contributed by atoms with Crippen molar-refractivity contribution in [1.29, 1.82) is 0 Å². The fourth-order valence-corrected chi connectivity index (χ4v) is 6.27. The Morgan fingerprint density at radius 1 is 1.00 bits per heavy atom. The molecule has 0 aliphatic carbocycles. The Balaban J connectivity index is 1.15. The summed E-state index contributed by atoms with van der Waals surface area (Å²) in [6.07, 6.45) is 1.51. The normalized spacial score (nSPS) is 21.0. The summed E-state index contributed by atoms with van der Waals surface area (Å²) in [6.45, 7) is 11.1. The topological polar surface area (TPSA) is 108 Å². The number of hydroxylamine groups is 2. The number of hydrogen-bond acceptors (Lipinski definition) is 9. The summed E-state index contributed by atoms with van der Waals surface area (Å²) in [7, 11) is 1.25. The fraction of sp³-hybridized carbons (Fsp3) is 0.552. The zero-order valence-electron chi connectivity index (χ0n) is 24.0. The Bertz CT molecular complexity index is 1280. The number of hydrogen-bond donors (Lipinski definition) is 0. The highest BCUT2D eigenvalue weighted by molar-refractivity contribution is 6.31. The molecule has 41 heavy (non-hydrogen) atoms. The van der Waals surface area contributed by atoms with E-state index in [0.717, 1.165) is 61.8 Å². The lowest BCUT2D eigenvalue weighted by Gasteiger charge is -2.38. The second-order valence-electron chi connectivity index (χ2n) is 11.3. The zero-order chi connectivity index (χ0) is 29.3. The number of aromatic nitrogens is 2. The monoisotopic (exact) mass is 584 g/mol. The molecule has 0 spiro atoms. The van der Waals surface area contributed by atoms with E-state index in [1.807, 2.05) is 43.9 Å². The molecule has 3 aliphatic rings. The number of aryl methyl sites for hydroxylation is 3. The second kappa shape index (κ2) is 12.3. The SMILES string of the molecule is COC(=O)ON1CC(C(=O)N(CCCN2CC3CN(C(=O)c4c(C)ncnc4C)CC3C2)c2ccc(C)c(Cl)c2)C1. The number of likely N-dealkylation sites (tertiary alicyclic amines) is 2. The van der Waals surface area contributed by atoms with Gasteiger partial charge in [0, 0.05) is 56.5 Å². The van der Waals surface area contributed by atoms with E-state index >= 15 is 0 Å². The smallest absolute Gasteiger partial charge is 0.436 e. The molecular formula is C29H37ClN6O5. The Morgan fingerprint density at radius 3 is 2.27 bits per heavy atom. The highest BCUT2D eigenvalue weighted by Crippen LogP contribution is 2.33. The van der Waals surface area contributed by atoms with Gasteiger partial charge in [0.15, 0.2) is 0 Å². The molecule has 2 atom stereocenters. The molecule has 1 aromatic carbocycles. The van der Waals surface area contributed by atoms with Crippen LogP contribution >= 0.6 is 11.6 Å². The van der Waals surface area contributed by atoms with Crippen molar-refractivity contribution in [1.82, 2.24) is 24.8 Å². The van der Waals surface area contributed by atoms with Crippen molar-refractivity contribution in [3.05, 3.63) is 52.1 Å². The van der Waals surface area contributed by atoms with Gasteiger partial charge in [-0.3, -0.25) is 9.59 Å². The van der Waals surface area contributed by atoms with Crippen LogP contribution in [0.3, 0.4) is 0 Å². The van der Waals surface area contributed by atoms with Gasteiger partial charge in [0.2, 0.25) is 5.91 Å². The second-order valence-corrected chi connectivity index (χ2v) is 11.7. The first-order chi connectivity index (χ1) is 19.6. The lowest BCUT2D eigenvalue weighted by atomic mass is 10.0. The van der Waals surface area contributed by atoms with Crippen molar-refractivity contribution in [2.45, 2.75) is 27.2 Å². The number of anilines is 1. The third kappa shape index (κ3) is 6.32. The number of rotatable bonds is 8. The van der Waals surface area contributed by atoms with Crippen LogP contribution in [0.4, 0.5) is 10.5 Å². The summed E-state index contributed by atoms with van der Waals surface area (Å²) in [5, 5.41) is 2.04. The van der Waals surface area contributed by atoms with Gasteiger partial charge in [-0.2, -0.15) is 0 Å². The number of methoxy groups -OCH3 is 1. The first kappa shape index (κ1) is 29.2. The minimum atomic E-state index is -0.791. The molecule has 2 aromatic rings. The number of ether oxygens (including phenoxy) is 1. The first-order valence-corrected chi connectivity index (χ1v) is 14.4. The Labute approximate surface area is 245 Å². The van der Waals surface area contributed by atoms with E-state index in [0.29, 0.717) is 42.1 Å². The van der Waals surface area contributed by atoms with E-state index in [4.69, 9.17) is 16.4 Å². The van der Waals surface area contributed by atoms with Crippen LogP contribution in [0.25, 0.3) is 0 Å². The molecule has 0 saturated carbocycles. The van der Waals surface area contributed by atoms with E-state index in [1.54, 1.807) is 4.90 Å². The van der Waals surface area contributed by atoms with E-state index < -0.39 is 6.16 Å². The van der Waals surface area contributed by atoms with E-state index in [1.165, 1.54) is 18.5 Å². The predicted octanol–water partition coefficient (Wildman–Crippen LogP) is 3.11. The molecule has 5 rings (SSSR count). The lowest BCUT2D eigenvalue weighted by molar-refractivity contribution is -0.188. The number of benzene rings is 1. The third-order valence-electron chi connectivity index (χ3n) is 8.45. The van der Waals surface area contributed by atoms with Gasteiger partial charge < -0.3 is 24.3 Å². The molecule has 3 fully saturated rings. The Kier molecular flexibility index (Phi) is 8.77. The molecule has 3 saturated heterocycles. The highest BCUT2D eigenvalue weighted by Gasteiger charge is 2.42. The molecular weight excluding hydrogens is 548 g/mol. The number of halogens is 1. The summed E-state index contributed by atoms with van der Waals surface area (Å²) in [6, 6.07) is 5.68. The number of amides is 2. The van der Waals surface area contributed by atoms with Crippen LogP contribution < -0.4 is 4.90 Å². The molecule has 2 unspecified atom stereocenters. The largest absolute Gasteiger partial charge is 0.527 e. The van der Waals surface area contributed by atoms with Crippen LogP contribution in [0.15, 0.2) is 24.5 Å². The number of carbonyl (C=O) groups excluding carboxylic acids is 3. The van der Waals surface area contributed by atoms with Crippen LogP contribution in [0.2, 0.25) is 5.02 Å². The maximum Gasteiger partial charge on any atom is 0.527 e. The van der Waals surface area contributed by atoms with Crippen molar-refractivity contribution >= 4 is 35.3 Å². The molecule has 0 bridgehead atoms. The summed E-state index contributed by atoms with van der Waals surface area (Å²) in [4.78, 5) is 57.7. The molecule has 0 N–H and O–H groups in total. The van der Waals surface area contributed by atoms with Crippen LogP contribution in [0, 0.1) is 38.5 Å². The number of carbonyl (C=O) groups is 3. The van der Waals surface area contributed by atoms with Crippen LogP contribution in [0.1, 0.15) is 33.7 Å².